The summed E-state index contributed by atoms with van der Waals surface area (Å²) in [4.78, 5) is 19.4. The van der Waals surface area contributed by atoms with E-state index in [1.165, 1.54) is 19.1 Å². The second-order valence-electron chi connectivity index (χ2n) is 9.95. The van der Waals surface area contributed by atoms with Crippen LogP contribution in [0.2, 0.25) is 0 Å². The number of benzene rings is 3. The van der Waals surface area contributed by atoms with Crippen molar-refractivity contribution in [3.63, 3.8) is 0 Å². The molecule has 0 saturated heterocycles. The number of hydrogen-bond donors (Lipinski definition) is 3. The lowest BCUT2D eigenvalue weighted by Crippen LogP contribution is -2.23. The van der Waals surface area contributed by atoms with Gasteiger partial charge in [-0.3, -0.25) is 14.5 Å². The molecule has 13 heteroatoms. The number of hydrogen-bond acceptors (Lipinski definition) is 11. The highest BCUT2D eigenvalue weighted by Gasteiger charge is 2.16. The maximum Gasteiger partial charge on any atom is 0.308 e. The van der Waals surface area contributed by atoms with Crippen molar-refractivity contribution in [3.05, 3.63) is 114 Å². The molecule has 0 radical (unpaired) electrons. The number of carbonyl (C=O) groups excluding carboxylic acids is 1. The number of pyridine rings is 1. The van der Waals surface area contributed by atoms with Crippen LogP contribution in [0.4, 0.5) is 5.69 Å². The number of aliphatic hydroxyl groups is 1. The lowest BCUT2D eigenvalue weighted by molar-refractivity contribution is -0.131. The summed E-state index contributed by atoms with van der Waals surface area (Å²) in [6.07, 6.45) is 3.37. The minimum Gasteiger partial charge on any atom is -0.484 e. The molecule has 0 amide bonds. The second kappa shape index (κ2) is 14.6. The quantitative estimate of drug-likeness (QED) is 0.0911. The Kier molecular flexibility index (Phi) is 10.1. The fourth-order valence-electron chi connectivity index (χ4n) is 4.24. The number of esters is 1. The molecule has 0 saturated carbocycles. The first kappa shape index (κ1) is 31.3. The Morgan fingerprint density at radius 1 is 0.978 bits per heavy atom. The van der Waals surface area contributed by atoms with Crippen molar-refractivity contribution < 1.29 is 32.3 Å². The van der Waals surface area contributed by atoms with Gasteiger partial charge in [0.2, 0.25) is 5.82 Å². The van der Waals surface area contributed by atoms with Crippen LogP contribution in [0.15, 0.2) is 107 Å². The molecule has 0 aliphatic heterocycles. The third kappa shape index (κ3) is 8.95. The molecule has 12 nitrogen and oxygen atoms in total. The van der Waals surface area contributed by atoms with Gasteiger partial charge >= 0.3 is 5.97 Å². The summed E-state index contributed by atoms with van der Waals surface area (Å²) < 4.78 is 44.5. The van der Waals surface area contributed by atoms with Gasteiger partial charge < -0.3 is 24.4 Å². The number of rotatable bonds is 14. The predicted molar refractivity (Wildman–Crippen MR) is 165 cm³/mol. The van der Waals surface area contributed by atoms with Gasteiger partial charge in [0.15, 0.2) is 6.61 Å². The van der Waals surface area contributed by atoms with Crippen molar-refractivity contribution >= 4 is 21.7 Å². The van der Waals surface area contributed by atoms with Crippen molar-refractivity contribution in [1.29, 1.82) is 0 Å². The van der Waals surface area contributed by atoms with Crippen LogP contribution in [0, 0.1) is 0 Å². The smallest absolute Gasteiger partial charge is 0.308 e. The van der Waals surface area contributed by atoms with Crippen LogP contribution >= 0.6 is 0 Å². The van der Waals surface area contributed by atoms with Gasteiger partial charge in [-0.15, -0.1) is 0 Å². The molecular weight excluding hydrogens is 598 g/mol. The number of nitrogens with one attached hydrogen (secondary N) is 2. The van der Waals surface area contributed by atoms with E-state index in [0.717, 1.165) is 11.1 Å². The van der Waals surface area contributed by atoms with Gasteiger partial charge in [0.25, 0.3) is 15.9 Å². The Morgan fingerprint density at radius 3 is 2.40 bits per heavy atom. The standard InChI is InChI=1S/C32H31N5O7S/c1-22(38)43-28-12-10-27(11-13-28)42-21-31-35-32(36-44-31)24-6-14-29(15-7-24)45(40,41)37-26-8-4-23(5-9-26)16-18-34-20-30(39)25-3-2-17-33-19-25/h2-15,17,19,30,34,37,39H,16,18,20-21H2,1H3. The van der Waals surface area contributed by atoms with E-state index in [-0.39, 0.29) is 23.2 Å². The highest BCUT2D eigenvalue weighted by atomic mass is 32.2. The molecule has 2 heterocycles. The average molecular weight is 630 g/mol. The lowest BCUT2D eigenvalue weighted by Gasteiger charge is -2.12. The summed E-state index contributed by atoms with van der Waals surface area (Å²) in [5.41, 5.74) is 2.78. The number of carbonyl (C=O) groups is 1. The summed E-state index contributed by atoms with van der Waals surface area (Å²) in [6, 6.07) is 23.4. The van der Waals surface area contributed by atoms with Crippen molar-refractivity contribution in [2.45, 2.75) is 31.0 Å². The fraction of sp³-hybridized carbons (Fsp3) is 0.188. The first-order valence-corrected chi connectivity index (χ1v) is 15.5. The minimum atomic E-state index is -3.83. The Hall–Kier alpha value is -5.11. The van der Waals surface area contributed by atoms with Crippen LogP contribution in [0.1, 0.15) is 30.0 Å². The fourth-order valence-corrected chi connectivity index (χ4v) is 5.30. The Morgan fingerprint density at radius 2 is 1.71 bits per heavy atom. The van der Waals surface area contributed by atoms with E-state index >= 15 is 0 Å². The van der Waals surface area contributed by atoms with Gasteiger partial charge in [0, 0.05) is 42.7 Å². The molecule has 0 aliphatic carbocycles. The van der Waals surface area contributed by atoms with E-state index in [1.54, 1.807) is 67.0 Å². The highest BCUT2D eigenvalue weighted by Crippen LogP contribution is 2.23. The molecule has 1 atom stereocenters. The number of sulfonamides is 1. The highest BCUT2D eigenvalue weighted by molar-refractivity contribution is 7.92. The zero-order chi connectivity index (χ0) is 31.6. The SMILES string of the molecule is CC(=O)Oc1ccc(OCc2nc(-c3ccc(S(=O)(=O)Nc4ccc(CCNCC(O)c5cccnc5)cc4)cc3)no2)cc1. The van der Waals surface area contributed by atoms with Gasteiger partial charge in [-0.25, -0.2) is 8.42 Å². The summed E-state index contributed by atoms with van der Waals surface area (Å²) in [6.45, 7) is 2.39. The topological polar surface area (TPSA) is 166 Å². The van der Waals surface area contributed by atoms with Gasteiger partial charge in [0.1, 0.15) is 11.5 Å². The van der Waals surface area contributed by atoms with Crippen molar-refractivity contribution in [1.82, 2.24) is 20.4 Å². The number of aromatic nitrogens is 3. The Balaban J connectivity index is 1.09. The molecule has 0 bridgehead atoms. The summed E-state index contributed by atoms with van der Waals surface area (Å²) in [7, 11) is -3.83. The van der Waals surface area contributed by atoms with Crippen LogP contribution in [-0.2, 0) is 27.8 Å². The molecule has 1 unspecified atom stereocenters. The first-order chi connectivity index (χ1) is 21.7. The Labute approximate surface area is 260 Å². The van der Waals surface area contributed by atoms with Gasteiger partial charge in [-0.2, -0.15) is 4.98 Å². The zero-order valence-corrected chi connectivity index (χ0v) is 25.1. The molecule has 2 aromatic heterocycles. The van der Waals surface area contributed by atoms with Crippen LogP contribution in [-0.4, -0.2) is 47.7 Å². The van der Waals surface area contributed by atoms with Crippen molar-refractivity contribution in [2.75, 3.05) is 17.8 Å². The van der Waals surface area contributed by atoms with Crippen LogP contribution in [0.3, 0.4) is 0 Å². The van der Waals surface area contributed by atoms with Crippen LogP contribution in [0.25, 0.3) is 11.4 Å². The van der Waals surface area contributed by atoms with E-state index in [0.29, 0.717) is 42.3 Å². The van der Waals surface area contributed by atoms with Crippen LogP contribution in [0.5, 0.6) is 11.5 Å². The molecule has 3 aromatic carbocycles. The maximum absolute atomic E-state index is 13.0. The molecule has 0 spiro atoms. The summed E-state index contributed by atoms with van der Waals surface area (Å²) >= 11 is 0. The normalized spacial score (nSPS) is 12.0. The number of ether oxygens (including phenoxy) is 2. The minimum absolute atomic E-state index is 0.0148. The average Bonchev–Trinajstić information content (AvgIpc) is 3.53. The van der Waals surface area contributed by atoms with E-state index in [4.69, 9.17) is 14.0 Å². The zero-order valence-electron chi connectivity index (χ0n) is 24.3. The summed E-state index contributed by atoms with van der Waals surface area (Å²) in [5.74, 6) is 1.03. The number of anilines is 1. The molecule has 0 aliphatic rings. The number of nitrogens with zero attached hydrogens (tertiary/aromatic N) is 3. The predicted octanol–water partition coefficient (Wildman–Crippen LogP) is 4.30. The van der Waals surface area contributed by atoms with E-state index < -0.39 is 22.1 Å². The summed E-state index contributed by atoms with van der Waals surface area (Å²) in [5, 5.41) is 17.4. The lowest BCUT2D eigenvalue weighted by atomic mass is 10.1. The van der Waals surface area contributed by atoms with E-state index in [9.17, 15) is 18.3 Å². The molecule has 0 fully saturated rings. The molecule has 232 valence electrons. The third-order valence-corrected chi connectivity index (χ3v) is 7.94. The van der Waals surface area contributed by atoms with E-state index in [1.807, 2.05) is 18.2 Å². The second-order valence-corrected chi connectivity index (χ2v) is 11.6. The van der Waals surface area contributed by atoms with Crippen molar-refractivity contribution in [2.24, 2.45) is 0 Å². The van der Waals surface area contributed by atoms with Gasteiger partial charge in [-0.1, -0.05) is 23.4 Å². The molecule has 45 heavy (non-hydrogen) atoms. The van der Waals surface area contributed by atoms with Gasteiger partial charge in [0.05, 0.1) is 11.0 Å². The van der Waals surface area contributed by atoms with Crippen molar-refractivity contribution in [3.8, 4) is 22.9 Å². The Bertz CT molecular complexity index is 1800. The molecule has 5 rings (SSSR count). The number of aliphatic hydroxyl groups excluding tert-OH is 1. The van der Waals surface area contributed by atoms with Crippen LogP contribution < -0.4 is 19.5 Å². The largest absolute Gasteiger partial charge is 0.484 e. The van der Waals surface area contributed by atoms with Gasteiger partial charge in [-0.05, 0) is 85.3 Å². The third-order valence-electron chi connectivity index (χ3n) is 6.54. The molecule has 5 aromatic rings. The molecule has 3 N–H and O–H groups in total. The van der Waals surface area contributed by atoms with E-state index in [2.05, 4.69) is 25.2 Å². The maximum atomic E-state index is 13.0. The first-order valence-electron chi connectivity index (χ1n) is 14.0. The molecular formula is C32H31N5O7S. The monoisotopic (exact) mass is 629 g/mol.